The van der Waals surface area contributed by atoms with Gasteiger partial charge in [-0.05, 0) is 128 Å². The van der Waals surface area contributed by atoms with Crippen molar-refractivity contribution in [3.63, 3.8) is 0 Å². The predicted octanol–water partition coefficient (Wildman–Crippen LogP) is 13.2. The molecule has 0 unspecified atom stereocenters. The van der Waals surface area contributed by atoms with Crippen LogP contribution in [0.25, 0.3) is 12.2 Å². The normalized spacial score (nSPS) is 11.8. The molecule has 0 spiro atoms. The molecule has 2 aromatic rings. The lowest BCUT2D eigenvalue weighted by Gasteiger charge is -2.19. The van der Waals surface area contributed by atoms with Crippen molar-refractivity contribution in [3.8, 4) is 23.0 Å². The van der Waals surface area contributed by atoms with E-state index in [4.69, 9.17) is 28.4 Å². The first-order chi connectivity index (χ1) is 30.1. The Labute approximate surface area is 379 Å². The highest BCUT2D eigenvalue weighted by atomic mass is 16.6. The van der Waals surface area contributed by atoms with Gasteiger partial charge in [0, 0.05) is 12.8 Å². The lowest BCUT2D eigenvalue weighted by Crippen LogP contribution is -2.23. The van der Waals surface area contributed by atoms with E-state index >= 15 is 0 Å². The van der Waals surface area contributed by atoms with Gasteiger partial charge in [-0.3, -0.25) is 19.2 Å². The monoisotopic (exact) mass is 877 g/mol. The molecule has 10 nitrogen and oxygen atoms in total. The molecule has 2 rings (SSSR count). The zero-order valence-electron chi connectivity index (χ0n) is 40.1. The molecule has 0 N–H and O–H groups in total. The van der Waals surface area contributed by atoms with E-state index in [9.17, 15) is 19.2 Å². The molecule has 352 valence electrons. The second-order valence-electron chi connectivity index (χ2n) is 18.2. The van der Waals surface area contributed by atoms with Gasteiger partial charge < -0.3 is 28.4 Å². The van der Waals surface area contributed by atoms with Crippen LogP contribution in [0.5, 0.6) is 23.0 Å². The highest BCUT2D eigenvalue weighted by Gasteiger charge is 2.17. The quantitative estimate of drug-likeness (QED) is 0.0290. The van der Waals surface area contributed by atoms with Crippen molar-refractivity contribution >= 4 is 35.7 Å². The molecule has 0 aliphatic rings. The van der Waals surface area contributed by atoms with E-state index in [0.29, 0.717) is 88.0 Å². The topological polar surface area (TPSA) is 124 Å². The number of esters is 2. The van der Waals surface area contributed by atoms with Gasteiger partial charge >= 0.3 is 11.9 Å². The SMILES string of the molecule is CCCCCCCCOc1cc(/C=C/C(=O)CC(=O)/C=C/c2ccc(OCCCCC(=O)OC(C)(C)C)c(OCCCCCCCC)c2)ccc1OCCCCC(=O)OC(C)(C)C. The predicted molar refractivity (Wildman–Crippen MR) is 254 cm³/mol. The molecule has 0 radical (unpaired) electrons. The van der Waals surface area contributed by atoms with Gasteiger partial charge in [0.1, 0.15) is 11.2 Å². The maximum atomic E-state index is 12.9. The number of hydrogen-bond acceptors (Lipinski definition) is 10. The van der Waals surface area contributed by atoms with Crippen molar-refractivity contribution in [2.75, 3.05) is 26.4 Å². The molecule has 0 aromatic heterocycles. The number of ketones is 2. The summed E-state index contributed by atoms with van der Waals surface area (Å²) in [5.74, 6) is 1.33. The minimum Gasteiger partial charge on any atom is -0.490 e. The van der Waals surface area contributed by atoms with Crippen molar-refractivity contribution in [2.24, 2.45) is 0 Å². The molecule has 0 bridgehead atoms. The zero-order chi connectivity index (χ0) is 46.4. The molecule has 0 aliphatic heterocycles. The van der Waals surface area contributed by atoms with Gasteiger partial charge in [-0.1, -0.05) is 102 Å². The first-order valence-corrected chi connectivity index (χ1v) is 23.7. The third-order valence-corrected chi connectivity index (χ3v) is 9.62. The van der Waals surface area contributed by atoms with Crippen LogP contribution in [0.2, 0.25) is 0 Å². The zero-order valence-corrected chi connectivity index (χ0v) is 40.1. The fourth-order valence-corrected chi connectivity index (χ4v) is 6.41. The Bertz CT molecular complexity index is 1570. The van der Waals surface area contributed by atoms with Gasteiger partial charge in [0.2, 0.25) is 0 Å². The third kappa shape index (κ3) is 27.9. The fourth-order valence-electron chi connectivity index (χ4n) is 6.41. The maximum absolute atomic E-state index is 12.9. The molecular formula is C53H80O10. The number of carbonyl (C=O) groups excluding carboxylic acids is 4. The molecule has 0 heterocycles. The van der Waals surface area contributed by atoms with Crippen LogP contribution in [0.3, 0.4) is 0 Å². The Kier molecular flexibility index (Phi) is 27.1. The van der Waals surface area contributed by atoms with E-state index in [2.05, 4.69) is 13.8 Å². The number of hydrogen-bond donors (Lipinski definition) is 0. The summed E-state index contributed by atoms with van der Waals surface area (Å²) in [6.45, 7) is 17.5. The Hall–Kier alpha value is -4.60. The lowest BCUT2D eigenvalue weighted by molar-refractivity contribution is -0.156. The Morgan fingerprint density at radius 2 is 0.778 bits per heavy atom. The van der Waals surface area contributed by atoms with Gasteiger partial charge in [0.05, 0.1) is 32.8 Å². The van der Waals surface area contributed by atoms with Crippen LogP contribution < -0.4 is 18.9 Å². The highest BCUT2D eigenvalue weighted by Crippen LogP contribution is 2.31. The summed E-state index contributed by atoms with van der Waals surface area (Å²) >= 11 is 0. The van der Waals surface area contributed by atoms with E-state index in [1.807, 2.05) is 77.9 Å². The fraction of sp³-hybridized carbons (Fsp3) is 0.623. The third-order valence-electron chi connectivity index (χ3n) is 9.62. The largest absolute Gasteiger partial charge is 0.490 e. The molecule has 0 fully saturated rings. The Morgan fingerprint density at radius 3 is 1.14 bits per heavy atom. The standard InChI is InChI=1S/C53H80O10/c1-9-11-13-15-17-21-35-60-48-39-42(29-33-46(48)58-37-23-19-25-50(56)62-52(3,4)5)27-31-44(54)41-45(55)32-28-43-30-34-47(49(40-43)61-36-22-18-16-14-12-10-2)59-38-24-20-26-51(57)63-53(6,7)8/h27-34,39-40H,9-26,35-38,41H2,1-8H3/b31-27+,32-28+. The van der Waals surface area contributed by atoms with Crippen LogP contribution in [-0.2, 0) is 28.7 Å². The minimum absolute atomic E-state index is 0.217. The van der Waals surface area contributed by atoms with Gasteiger partial charge in [0.25, 0.3) is 0 Å². The van der Waals surface area contributed by atoms with Crippen molar-refractivity contribution in [2.45, 2.75) is 189 Å². The summed E-state index contributed by atoms with van der Waals surface area (Å²) < 4.78 is 35.3. The van der Waals surface area contributed by atoms with Crippen LogP contribution in [-0.4, -0.2) is 61.1 Å². The molecule has 0 amide bonds. The highest BCUT2D eigenvalue weighted by molar-refractivity contribution is 6.10. The number of benzene rings is 2. The number of ether oxygens (including phenoxy) is 6. The van der Waals surface area contributed by atoms with Crippen molar-refractivity contribution in [1.29, 1.82) is 0 Å². The first-order valence-electron chi connectivity index (χ1n) is 23.7. The molecule has 10 heteroatoms. The van der Waals surface area contributed by atoms with Crippen molar-refractivity contribution in [1.82, 2.24) is 0 Å². The first kappa shape index (κ1) is 54.5. The van der Waals surface area contributed by atoms with Crippen molar-refractivity contribution < 1.29 is 47.6 Å². The number of unbranched alkanes of at least 4 members (excludes halogenated alkanes) is 12. The molecule has 63 heavy (non-hydrogen) atoms. The Balaban J connectivity index is 2.02. The molecular weight excluding hydrogens is 797 g/mol. The van der Waals surface area contributed by atoms with Gasteiger partial charge in [-0.25, -0.2) is 0 Å². The Morgan fingerprint density at radius 1 is 0.444 bits per heavy atom. The van der Waals surface area contributed by atoms with E-state index < -0.39 is 11.2 Å². The summed E-state index contributed by atoms with van der Waals surface area (Å²) in [5, 5.41) is 0. The molecule has 2 aromatic carbocycles. The summed E-state index contributed by atoms with van der Waals surface area (Å²) in [5.41, 5.74) is 0.493. The molecule has 0 aliphatic carbocycles. The molecule has 0 saturated carbocycles. The van der Waals surface area contributed by atoms with Crippen LogP contribution in [0.15, 0.2) is 48.6 Å². The smallest absolute Gasteiger partial charge is 0.306 e. The summed E-state index contributed by atoms with van der Waals surface area (Å²) in [6, 6.07) is 11.1. The van der Waals surface area contributed by atoms with Crippen molar-refractivity contribution in [3.05, 3.63) is 59.7 Å². The van der Waals surface area contributed by atoms with Crippen LogP contribution >= 0.6 is 0 Å². The second kappa shape index (κ2) is 31.3. The average molecular weight is 877 g/mol. The summed E-state index contributed by atoms with van der Waals surface area (Å²) in [6.07, 6.45) is 23.0. The summed E-state index contributed by atoms with van der Waals surface area (Å²) in [7, 11) is 0. The van der Waals surface area contributed by atoms with E-state index in [1.165, 1.54) is 63.5 Å². The number of carbonyl (C=O) groups is 4. The van der Waals surface area contributed by atoms with E-state index in [0.717, 1.165) is 36.8 Å². The van der Waals surface area contributed by atoms with Crippen LogP contribution in [0.1, 0.15) is 189 Å². The minimum atomic E-state index is -0.504. The average Bonchev–Trinajstić information content (AvgIpc) is 3.21. The van der Waals surface area contributed by atoms with Gasteiger partial charge in [0.15, 0.2) is 34.6 Å². The van der Waals surface area contributed by atoms with Gasteiger partial charge in [-0.15, -0.1) is 0 Å². The van der Waals surface area contributed by atoms with E-state index in [1.54, 1.807) is 12.2 Å². The van der Waals surface area contributed by atoms with Crippen LogP contribution in [0.4, 0.5) is 0 Å². The second-order valence-corrected chi connectivity index (χ2v) is 18.2. The number of allylic oxidation sites excluding steroid dienone is 2. The summed E-state index contributed by atoms with van der Waals surface area (Å²) in [4.78, 5) is 50.0. The van der Waals surface area contributed by atoms with Crippen LogP contribution in [0, 0.1) is 0 Å². The van der Waals surface area contributed by atoms with Gasteiger partial charge in [-0.2, -0.15) is 0 Å². The number of rotatable bonds is 34. The molecule has 0 saturated heterocycles. The lowest BCUT2D eigenvalue weighted by atomic mass is 10.1. The molecule has 0 atom stereocenters. The maximum Gasteiger partial charge on any atom is 0.306 e. The van der Waals surface area contributed by atoms with E-state index in [-0.39, 0.29) is 29.9 Å².